The van der Waals surface area contributed by atoms with Gasteiger partial charge in [-0.15, -0.1) is 0 Å². The molecule has 0 N–H and O–H groups in total. The molecule has 0 atom stereocenters. The molecule has 2 nitrogen and oxygen atoms in total. The standard InChI is InChI=1S/C24H23BBr3O2P/c1-23(2)24(3,4)30-25(29-23)21-15-18(28)9-14-22(21)31(19-10-5-16(26)6-11-19)20-12-7-17(27)8-13-20/h5-15H,1-4H3. The predicted molar refractivity (Wildman–Crippen MR) is 144 cm³/mol. The fourth-order valence-electron chi connectivity index (χ4n) is 3.50. The first-order valence-corrected chi connectivity index (χ1v) is 13.8. The van der Waals surface area contributed by atoms with Crippen LogP contribution in [0, 0.1) is 0 Å². The van der Waals surface area contributed by atoms with E-state index in [0.29, 0.717) is 0 Å². The van der Waals surface area contributed by atoms with E-state index in [1.54, 1.807) is 0 Å². The van der Waals surface area contributed by atoms with E-state index in [9.17, 15) is 0 Å². The number of hydrogen-bond donors (Lipinski definition) is 0. The van der Waals surface area contributed by atoms with Crippen molar-refractivity contribution in [3.63, 3.8) is 0 Å². The van der Waals surface area contributed by atoms with Gasteiger partial charge < -0.3 is 9.31 Å². The van der Waals surface area contributed by atoms with Crippen molar-refractivity contribution in [2.45, 2.75) is 38.9 Å². The van der Waals surface area contributed by atoms with Gasteiger partial charge in [0.15, 0.2) is 0 Å². The molecule has 0 aromatic heterocycles. The van der Waals surface area contributed by atoms with E-state index in [1.165, 1.54) is 15.9 Å². The van der Waals surface area contributed by atoms with E-state index in [0.717, 1.165) is 18.9 Å². The molecule has 160 valence electrons. The highest BCUT2D eigenvalue weighted by atomic mass is 79.9. The lowest BCUT2D eigenvalue weighted by molar-refractivity contribution is 0.00578. The van der Waals surface area contributed by atoms with Crippen LogP contribution >= 0.6 is 55.7 Å². The third-order valence-corrected chi connectivity index (χ3v) is 9.98. The van der Waals surface area contributed by atoms with Crippen molar-refractivity contribution in [1.82, 2.24) is 0 Å². The van der Waals surface area contributed by atoms with Gasteiger partial charge in [-0.1, -0.05) is 78.1 Å². The lowest BCUT2D eigenvalue weighted by Gasteiger charge is -2.32. The number of halogens is 3. The molecule has 7 heteroatoms. The van der Waals surface area contributed by atoms with Crippen LogP contribution in [0.15, 0.2) is 80.1 Å². The van der Waals surface area contributed by atoms with Crippen molar-refractivity contribution in [3.05, 3.63) is 80.1 Å². The van der Waals surface area contributed by atoms with E-state index in [2.05, 4.69) is 142 Å². The minimum atomic E-state index is -0.804. The van der Waals surface area contributed by atoms with Gasteiger partial charge in [0.1, 0.15) is 0 Å². The zero-order valence-corrected chi connectivity index (χ0v) is 23.5. The van der Waals surface area contributed by atoms with Gasteiger partial charge in [0.05, 0.1) is 11.2 Å². The fourth-order valence-corrected chi connectivity index (χ4v) is 6.80. The van der Waals surface area contributed by atoms with Crippen LogP contribution in [0.2, 0.25) is 0 Å². The molecule has 0 aliphatic carbocycles. The van der Waals surface area contributed by atoms with Gasteiger partial charge in [-0.2, -0.15) is 0 Å². The molecule has 3 aromatic carbocycles. The Kier molecular flexibility index (Phi) is 6.90. The summed E-state index contributed by atoms with van der Waals surface area (Å²) in [5.74, 6) is 0. The van der Waals surface area contributed by atoms with Crippen molar-refractivity contribution in [2.75, 3.05) is 0 Å². The van der Waals surface area contributed by atoms with Crippen LogP contribution in [0.1, 0.15) is 27.7 Å². The second kappa shape index (κ2) is 9.04. The van der Waals surface area contributed by atoms with Gasteiger partial charge in [0.25, 0.3) is 0 Å². The average Bonchev–Trinajstić information content (AvgIpc) is 2.93. The molecular formula is C24H23BBr3O2P. The summed E-state index contributed by atoms with van der Waals surface area (Å²) in [4.78, 5) is 0. The van der Waals surface area contributed by atoms with Gasteiger partial charge in [-0.3, -0.25) is 0 Å². The summed E-state index contributed by atoms with van der Waals surface area (Å²) in [7, 11) is -1.23. The lowest BCUT2D eigenvalue weighted by atomic mass is 9.79. The van der Waals surface area contributed by atoms with Crippen molar-refractivity contribution in [1.29, 1.82) is 0 Å². The fraction of sp³-hybridized carbons (Fsp3) is 0.250. The molecule has 0 amide bonds. The normalized spacial score (nSPS) is 17.4. The maximum absolute atomic E-state index is 6.46. The Morgan fingerprint density at radius 2 is 1.06 bits per heavy atom. The SMILES string of the molecule is CC1(C)OB(c2cc(Br)ccc2P(c2ccc(Br)cc2)c2ccc(Br)cc2)OC1(C)C. The Morgan fingerprint density at radius 1 is 0.645 bits per heavy atom. The van der Waals surface area contributed by atoms with Gasteiger partial charge in [0.2, 0.25) is 0 Å². The van der Waals surface area contributed by atoms with Crippen LogP contribution < -0.4 is 21.4 Å². The Hall–Kier alpha value is -0.485. The molecule has 1 saturated heterocycles. The first-order chi connectivity index (χ1) is 14.6. The first kappa shape index (κ1) is 23.7. The zero-order valence-electron chi connectivity index (χ0n) is 17.8. The summed E-state index contributed by atoms with van der Waals surface area (Å²) in [5.41, 5.74) is 0.287. The highest BCUT2D eigenvalue weighted by Gasteiger charge is 2.52. The van der Waals surface area contributed by atoms with E-state index in [4.69, 9.17) is 9.31 Å². The van der Waals surface area contributed by atoms with Crippen LogP contribution in [-0.2, 0) is 9.31 Å². The Bertz CT molecular complexity index is 1020. The summed E-state index contributed by atoms with van der Waals surface area (Å²) >= 11 is 10.8. The maximum atomic E-state index is 6.46. The van der Waals surface area contributed by atoms with Gasteiger partial charge in [-0.05, 0) is 93.4 Å². The van der Waals surface area contributed by atoms with Crippen molar-refractivity contribution in [2.24, 2.45) is 0 Å². The van der Waals surface area contributed by atoms with Gasteiger partial charge in [-0.25, -0.2) is 0 Å². The monoisotopic (exact) mass is 622 g/mol. The van der Waals surface area contributed by atoms with Crippen molar-refractivity contribution >= 4 is 84.2 Å². The van der Waals surface area contributed by atoms with E-state index >= 15 is 0 Å². The molecule has 1 aliphatic heterocycles. The van der Waals surface area contributed by atoms with Crippen LogP contribution in [0.25, 0.3) is 0 Å². The predicted octanol–water partition coefficient (Wildman–Crippen LogP) is 6.03. The molecule has 1 aliphatic rings. The highest BCUT2D eigenvalue weighted by Crippen LogP contribution is 2.38. The first-order valence-electron chi connectivity index (χ1n) is 10.0. The van der Waals surface area contributed by atoms with Crippen LogP contribution in [0.5, 0.6) is 0 Å². The summed E-state index contributed by atoms with van der Waals surface area (Å²) in [6.07, 6.45) is 0. The third-order valence-electron chi connectivity index (χ3n) is 5.91. The quantitative estimate of drug-likeness (QED) is 0.261. The van der Waals surface area contributed by atoms with Gasteiger partial charge in [0, 0.05) is 13.4 Å². The summed E-state index contributed by atoms with van der Waals surface area (Å²) < 4.78 is 16.1. The molecular weight excluding hydrogens is 602 g/mol. The van der Waals surface area contributed by atoms with Gasteiger partial charge >= 0.3 is 7.12 Å². The Balaban J connectivity index is 1.88. The number of hydrogen-bond acceptors (Lipinski definition) is 2. The minimum absolute atomic E-state index is 0.394. The van der Waals surface area contributed by atoms with E-state index < -0.39 is 26.2 Å². The summed E-state index contributed by atoms with van der Waals surface area (Å²) in [6.45, 7) is 8.38. The molecule has 0 unspecified atom stereocenters. The molecule has 1 fully saturated rings. The summed E-state index contributed by atoms with van der Waals surface area (Å²) in [5, 5.41) is 3.79. The third kappa shape index (κ3) is 4.90. The van der Waals surface area contributed by atoms with E-state index in [1.807, 2.05) is 0 Å². The van der Waals surface area contributed by atoms with Crippen LogP contribution in [0.3, 0.4) is 0 Å². The second-order valence-electron chi connectivity index (χ2n) is 8.58. The smallest absolute Gasteiger partial charge is 0.399 e. The topological polar surface area (TPSA) is 18.5 Å². The minimum Gasteiger partial charge on any atom is -0.399 e. The maximum Gasteiger partial charge on any atom is 0.495 e. The molecule has 4 rings (SSSR count). The molecule has 0 saturated carbocycles. The Labute approximate surface area is 211 Å². The summed E-state index contributed by atoms with van der Waals surface area (Å²) in [6, 6.07) is 23.7. The largest absolute Gasteiger partial charge is 0.495 e. The molecule has 1 heterocycles. The molecule has 0 bridgehead atoms. The molecule has 0 spiro atoms. The number of rotatable bonds is 4. The Morgan fingerprint density at radius 3 is 1.52 bits per heavy atom. The molecule has 3 aromatic rings. The lowest BCUT2D eigenvalue weighted by Crippen LogP contribution is -2.44. The highest BCUT2D eigenvalue weighted by molar-refractivity contribution is 9.11. The average molecular weight is 625 g/mol. The second-order valence-corrected chi connectivity index (χ2v) is 13.5. The number of benzene rings is 3. The van der Waals surface area contributed by atoms with Crippen LogP contribution in [0.4, 0.5) is 0 Å². The zero-order chi connectivity index (χ0) is 22.4. The van der Waals surface area contributed by atoms with Crippen LogP contribution in [-0.4, -0.2) is 18.3 Å². The molecule has 31 heavy (non-hydrogen) atoms. The van der Waals surface area contributed by atoms with Crippen molar-refractivity contribution in [3.8, 4) is 0 Å². The van der Waals surface area contributed by atoms with Crippen molar-refractivity contribution < 1.29 is 9.31 Å². The molecule has 0 radical (unpaired) electrons. The van der Waals surface area contributed by atoms with E-state index in [-0.39, 0.29) is 0 Å².